The summed E-state index contributed by atoms with van der Waals surface area (Å²) in [6, 6.07) is 13.6. The number of aliphatic hydroxyl groups is 1. The first kappa shape index (κ1) is 11.6. The molecule has 1 heterocycles. The minimum atomic E-state index is -0.470. The maximum Gasteiger partial charge on any atom is 0.0781 e. The van der Waals surface area contributed by atoms with Gasteiger partial charge in [0.05, 0.1) is 18.3 Å². The number of para-hydroxylation sites is 1. The number of nitrogens with one attached hydrogen (secondary N) is 1. The molecule has 3 nitrogen and oxygen atoms in total. The molecule has 0 aliphatic rings. The number of benzene rings is 1. The molecular formula is C14H16N2O. The summed E-state index contributed by atoms with van der Waals surface area (Å²) in [5, 5.41) is 12.9. The van der Waals surface area contributed by atoms with Crippen molar-refractivity contribution in [2.75, 3.05) is 5.32 Å². The average molecular weight is 228 g/mol. The monoisotopic (exact) mass is 228 g/mol. The van der Waals surface area contributed by atoms with Crippen molar-refractivity contribution >= 4 is 5.69 Å². The maximum atomic E-state index is 9.65. The van der Waals surface area contributed by atoms with Crippen molar-refractivity contribution in [2.24, 2.45) is 0 Å². The zero-order valence-electron chi connectivity index (χ0n) is 9.80. The van der Waals surface area contributed by atoms with Gasteiger partial charge in [-0.25, -0.2) is 0 Å². The van der Waals surface area contributed by atoms with E-state index in [9.17, 15) is 5.11 Å². The van der Waals surface area contributed by atoms with Gasteiger partial charge in [0.1, 0.15) is 0 Å². The highest BCUT2D eigenvalue weighted by Gasteiger charge is 2.06. The lowest BCUT2D eigenvalue weighted by molar-refractivity contribution is 0.200. The van der Waals surface area contributed by atoms with Gasteiger partial charge in [-0.3, -0.25) is 4.98 Å². The van der Waals surface area contributed by atoms with E-state index in [2.05, 4.69) is 10.3 Å². The minimum absolute atomic E-state index is 0.470. The van der Waals surface area contributed by atoms with Gasteiger partial charge in [0.15, 0.2) is 0 Å². The summed E-state index contributed by atoms with van der Waals surface area (Å²) >= 11 is 0. The lowest BCUT2D eigenvalue weighted by Crippen LogP contribution is -2.05. The molecule has 2 rings (SSSR count). The highest BCUT2D eigenvalue weighted by molar-refractivity contribution is 5.52. The predicted molar refractivity (Wildman–Crippen MR) is 68.6 cm³/mol. The van der Waals surface area contributed by atoms with Crippen LogP contribution in [0.1, 0.15) is 24.3 Å². The molecule has 88 valence electrons. The number of pyridine rings is 1. The SMILES string of the molecule is CC(O)c1ccccc1NCc1ccccn1. The standard InChI is InChI=1S/C14H16N2O/c1-11(17)13-7-2-3-8-14(13)16-10-12-6-4-5-9-15-12/h2-9,11,16-17H,10H2,1H3. The number of aliphatic hydroxyl groups excluding tert-OH is 1. The third-order valence-corrected chi connectivity index (χ3v) is 2.60. The van der Waals surface area contributed by atoms with Crippen LogP contribution < -0.4 is 5.32 Å². The van der Waals surface area contributed by atoms with E-state index in [0.717, 1.165) is 16.9 Å². The van der Waals surface area contributed by atoms with Crippen LogP contribution >= 0.6 is 0 Å². The fourth-order valence-electron chi connectivity index (χ4n) is 1.71. The summed E-state index contributed by atoms with van der Waals surface area (Å²) in [4.78, 5) is 4.24. The first-order chi connectivity index (χ1) is 8.27. The number of aromatic nitrogens is 1. The van der Waals surface area contributed by atoms with Gasteiger partial charge in [-0.2, -0.15) is 0 Å². The molecule has 0 fully saturated rings. The molecule has 2 N–H and O–H groups in total. The summed E-state index contributed by atoms with van der Waals surface area (Å²) in [7, 11) is 0. The Kier molecular flexibility index (Phi) is 3.73. The van der Waals surface area contributed by atoms with Crippen LogP contribution in [0.25, 0.3) is 0 Å². The van der Waals surface area contributed by atoms with Gasteiger partial charge < -0.3 is 10.4 Å². The van der Waals surface area contributed by atoms with E-state index in [1.165, 1.54) is 0 Å². The largest absolute Gasteiger partial charge is 0.389 e. The van der Waals surface area contributed by atoms with E-state index >= 15 is 0 Å². The van der Waals surface area contributed by atoms with Gasteiger partial charge in [0, 0.05) is 17.4 Å². The Bertz CT molecular complexity index is 469. The second-order valence-corrected chi connectivity index (χ2v) is 3.94. The molecule has 3 heteroatoms. The van der Waals surface area contributed by atoms with Gasteiger partial charge in [-0.05, 0) is 25.1 Å². The molecule has 0 spiro atoms. The van der Waals surface area contributed by atoms with Crippen molar-refractivity contribution in [2.45, 2.75) is 19.6 Å². The smallest absolute Gasteiger partial charge is 0.0781 e. The summed E-state index contributed by atoms with van der Waals surface area (Å²) in [5.41, 5.74) is 2.84. The third-order valence-electron chi connectivity index (χ3n) is 2.60. The zero-order chi connectivity index (χ0) is 12.1. The van der Waals surface area contributed by atoms with Crippen LogP contribution in [0.4, 0.5) is 5.69 Å². The third kappa shape index (κ3) is 3.04. The fraction of sp³-hybridized carbons (Fsp3) is 0.214. The van der Waals surface area contributed by atoms with Gasteiger partial charge in [0.25, 0.3) is 0 Å². The number of anilines is 1. The van der Waals surface area contributed by atoms with Gasteiger partial charge in [-0.1, -0.05) is 24.3 Å². The van der Waals surface area contributed by atoms with Crippen molar-refractivity contribution in [3.8, 4) is 0 Å². The number of nitrogens with zero attached hydrogens (tertiary/aromatic N) is 1. The molecule has 1 aromatic heterocycles. The Morgan fingerprint density at radius 2 is 1.94 bits per heavy atom. The molecule has 17 heavy (non-hydrogen) atoms. The van der Waals surface area contributed by atoms with E-state index in [4.69, 9.17) is 0 Å². The molecule has 1 aromatic carbocycles. The fourth-order valence-corrected chi connectivity index (χ4v) is 1.71. The summed E-state index contributed by atoms with van der Waals surface area (Å²) in [5.74, 6) is 0. The highest BCUT2D eigenvalue weighted by Crippen LogP contribution is 2.22. The normalized spacial score (nSPS) is 12.1. The van der Waals surface area contributed by atoms with Crippen molar-refractivity contribution < 1.29 is 5.11 Å². The summed E-state index contributed by atoms with van der Waals surface area (Å²) in [6.07, 6.45) is 1.31. The lowest BCUT2D eigenvalue weighted by Gasteiger charge is -2.13. The number of hydrogen-bond acceptors (Lipinski definition) is 3. The Labute approximate surface area is 101 Å². The van der Waals surface area contributed by atoms with Crippen LogP contribution in [0.5, 0.6) is 0 Å². The molecule has 0 aliphatic heterocycles. The van der Waals surface area contributed by atoms with Crippen LogP contribution in [0.15, 0.2) is 48.7 Å². The first-order valence-electron chi connectivity index (χ1n) is 5.68. The van der Waals surface area contributed by atoms with Crippen molar-refractivity contribution in [1.29, 1.82) is 0 Å². The second kappa shape index (κ2) is 5.46. The molecule has 0 radical (unpaired) electrons. The Balaban J connectivity index is 2.09. The Morgan fingerprint density at radius 3 is 2.65 bits per heavy atom. The average Bonchev–Trinajstić information content (AvgIpc) is 2.38. The minimum Gasteiger partial charge on any atom is -0.389 e. The quantitative estimate of drug-likeness (QED) is 0.845. The molecule has 1 unspecified atom stereocenters. The van der Waals surface area contributed by atoms with Gasteiger partial charge >= 0.3 is 0 Å². The molecule has 0 amide bonds. The van der Waals surface area contributed by atoms with Crippen molar-refractivity contribution in [1.82, 2.24) is 4.98 Å². The van der Waals surface area contributed by atoms with Crippen LogP contribution in [-0.2, 0) is 6.54 Å². The van der Waals surface area contributed by atoms with Crippen molar-refractivity contribution in [3.63, 3.8) is 0 Å². The van der Waals surface area contributed by atoms with Gasteiger partial charge in [-0.15, -0.1) is 0 Å². The van der Waals surface area contributed by atoms with Gasteiger partial charge in [0.2, 0.25) is 0 Å². The molecule has 0 bridgehead atoms. The summed E-state index contributed by atoms with van der Waals surface area (Å²) < 4.78 is 0. The number of rotatable bonds is 4. The maximum absolute atomic E-state index is 9.65. The molecule has 0 saturated carbocycles. The Morgan fingerprint density at radius 1 is 1.18 bits per heavy atom. The molecule has 0 aliphatic carbocycles. The molecular weight excluding hydrogens is 212 g/mol. The predicted octanol–water partition coefficient (Wildman–Crippen LogP) is 2.75. The first-order valence-corrected chi connectivity index (χ1v) is 5.68. The van der Waals surface area contributed by atoms with E-state index in [0.29, 0.717) is 6.54 Å². The Hall–Kier alpha value is -1.87. The molecule has 0 saturated heterocycles. The lowest BCUT2D eigenvalue weighted by atomic mass is 10.1. The zero-order valence-corrected chi connectivity index (χ0v) is 9.80. The molecule has 2 aromatic rings. The van der Waals surface area contributed by atoms with Crippen LogP contribution in [0, 0.1) is 0 Å². The van der Waals surface area contributed by atoms with E-state index in [-0.39, 0.29) is 0 Å². The topological polar surface area (TPSA) is 45.1 Å². The second-order valence-electron chi connectivity index (χ2n) is 3.94. The van der Waals surface area contributed by atoms with Crippen LogP contribution in [0.2, 0.25) is 0 Å². The van der Waals surface area contributed by atoms with Crippen molar-refractivity contribution in [3.05, 3.63) is 59.9 Å². The van der Waals surface area contributed by atoms with Crippen LogP contribution in [-0.4, -0.2) is 10.1 Å². The number of hydrogen-bond donors (Lipinski definition) is 2. The van der Waals surface area contributed by atoms with E-state index in [1.54, 1.807) is 13.1 Å². The van der Waals surface area contributed by atoms with Crippen LogP contribution in [0.3, 0.4) is 0 Å². The van der Waals surface area contributed by atoms with E-state index in [1.807, 2.05) is 42.5 Å². The van der Waals surface area contributed by atoms with E-state index < -0.39 is 6.10 Å². The highest BCUT2D eigenvalue weighted by atomic mass is 16.3. The summed E-state index contributed by atoms with van der Waals surface area (Å²) in [6.45, 7) is 2.42. The molecule has 1 atom stereocenters.